The second kappa shape index (κ2) is 10.1. The zero-order valence-electron chi connectivity index (χ0n) is 10.9. The SMILES string of the molecule is CCCCC(CC)C(=O)NCC(C)CCBr. The van der Waals surface area contributed by atoms with Crippen LogP contribution in [0.2, 0.25) is 0 Å². The molecule has 1 amide bonds. The minimum atomic E-state index is 0.219. The maximum Gasteiger partial charge on any atom is 0.223 e. The van der Waals surface area contributed by atoms with Crippen molar-refractivity contribution in [3.63, 3.8) is 0 Å². The highest BCUT2D eigenvalue weighted by Crippen LogP contribution is 2.13. The first-order valence-electron chi connectivity index (χ1n) is 6.49. The fraction of sp³-hybridized carbons (Fsp3) is 0.923. The number of hydrogen-bond donors (Lipinski definition) is 1. The van der Waals surface area contributed by atoms with E-state index >= 15 is 0 Å². The van der Waals surface area contributed by atoms with E-state index in [1.54, 1.807) is 0 Å². The molecule has 0 bridgehead atoms. The van der Waals surface area contributed by atoms with Crippen LogP contribution in [-0.2, 0) is 4.79 Å². The van der Waals surface area contributed by atoms with Crippen molar-refractivity contribution in [1.82, 2.24) is 5.32 Å². The number of nitrogens with one attached hydrogen (secondary N) is 1. The lowest BCUT2D eigenvalue weighted by Gasteiger charge is -2.16. The molecule has 0 saturated carbocycles. The first-order chi connectivity index (χ1) is 7.65. The van der Waals surface area contributed by atoms with E-state index in [9.17, 15) is 4.79 Å². The van der Waals surface area contributed by atoms with Crippen LogP contribution in [0.15, 0.2) is 0 Å². The van der Waals surface area contributed by atoms with Crippen molar-refractivity contribution in [2.45, 2.75) is 52.9 Å². The van der Waals surface area contributed by atoms with Gasteiger partial charge in [-0.05, 0) is 25.2 Å². The average Bonchev–Trinajstić information content (AvgIpc) is 2.28. The third-order valence-corrected chi connectivity index (χ3v) is 3.45. The zero-order valence-corrected chi connectivity index (χ0v) is 12.5. The average molecular weight is 292 g/mol. The fourth-order valence-corrected chi connectivity index (χ4v) is 2.46. The summed E-state index contributed by atoms with van der Waals surface area (Å²) >= 11 is 3.42. The van der Waals surface area contributed by atoms with E-state index in [-0.39, 0.29) is 11.8 Å². The Hall–Kier alpha value is -0.0500. The summed E-state index contributed by atoms with van der Waals surface area (Å²) in [6.07, 6.45) is 5.43. The van der Waals surface area contributed by atoms with Gasteiger partial charge in [0.2, 0.25) is 5.91 Å². The van der Waals surface area contributed by atoms with Gasteiger partial charge in [0, 0.05) is 17.8 Å². The predicted octanol–water partition coefficient (Wildman–Crippen LogP) is 3.74. The van der Waals surface area contributed by atoms with E-state index in [1.165, 1.54) is 6.42 Å². The molecule has 1 N–H and O–H groups in total. The molecule has 0 radical (unpaired) electrons. The smallest absolute Gasteiger partial charge is 0.223 e. The van der Waals surface area contributed by atoms with Crippen LogP contribution >= 0.6 is 15.9 Å². The molecule has 0 aromatic heterocycles. The Morgan fingerprint density at radius 3 is 2.50 bits per heavy atom. The van der Waals surface area contributed by atoms with Gasteiger partial charge in [-0.2, -0.15) is 0 Å². The van der Waals surface area contributed by atoms with E-state index in [4.69, 9.17) is 0 Å². The molecule has 0 aliphatic heterocycles. The number of amides is 1. The largest absolute Gasteiger partial charge is 0.356 e. The minimum absolute atomic E-state index is 0.219. The first-order valence-corrected chi connectivity index (χ1v) is 7.61. The van der Waals surface area contributed by atoms with Gasteiger partial charge < -0.3 is 5.32 Å². The molecule has 0 fully saturated rings. The molecule has 0 spiro atoms. The van der Waals surface area contributed by atoms with Gasteiger partial charge in [0.15, 0.2) is 0 Å². The summed E-state index contributed by atoms with van der Waals surface area (Å²) in [4.78, 5) is 11.9. The Balaban J connectivity index is 3.82. The third-order valence-electron chi connectivity index (χ3n) is 3.00. The normalized spacial score (nSPS) is 14.5. The third kappa shape index (κ3) is 7.26. The molecule has 2 nitrogen and oxygen atoms in total. The molecule has 16 heavy (non-hydrogen) atoms. The van der Waals surface area contributed by atoms with E-state index in [0.717, 1.165) is 37.6 Å². The highest BCUT2D eigenvalue weighted by molar-refractivity contribution is 9.09. The summed E-state index contributed by atoms with van der Waals surface area (Å²) in [6.45, 7) is 7.26. The van der Waals surface area contributed by atoms with Crippen molar-refractivity contribution < 1.29 is 4.79 Å². The van der Waals surface area contributed by atoms with Gasteiger partial charge >= 0.3 is 0 Å². The molecule has 0 heterocycles. The molecule has 0 aliphatic rings. The lowest BCUT2D eigenvalue weighted by atomic mass is 9.98. The van der Waals surface area contributed by atoms with Crippen LogP contribution in [0.3, 0.4) is 0 Å². The summed E-state index contributed by atoms with van der Waals surface area (Å²) in [5, 5.41) is 4.08. The Morgan fingerprint density at radius 2 is 2.00 bits per heavy atom. The Morgan fingerprint density at radius 1 is 1.31 bits per heavy atom. The first kappa shape index (κ1) is 16.0. The lowest BCUT2D eigenvalue weighted by molar-refractivity contribution is -0.125. The van der Waals surface area contributed by atoms with Crippen LogP contribution < -0.4 is 5.32 Å². The van der Waals surface area contributed by atoms with Gasteiger partial charge in [0.05, 0.1) is 0 Å². The number of rotatable bonds is 9. The number of halogens is 1. The van der Waals surface area contributed by atoms with Crippen LogP contribution in [0.25, 0.3) is 0 Å². The second-order valence-electron chi connectivity index (χ2n) is 4.58. The van der Waals surface area contributed by atoms with Gasteiger partial charge in [-0.1, -0.05) is 49.5 Å². The molecule has 0 aliphatic carbocycles. The van der Waals surface area contributed by atoms with Crippen LogP contribution in [0.5, 0.6) is 0 Å². The van der Waals surface area contributed by atoms with Gasteiger partial charge in [-0.15, -0.1) is 0 Å². The van der Waals surface area contributed by atoms with Gasteiger partial charge in [0.1, 0.15) is 0 Å². The number of carbonyl (C=O) groups excluding carboxylic acids is 1. The number of alkyl halides is 1. The number of carbonyl (C=O) groups is 1. The summed E-state index contributed by atoms with van der Waals surface area (Å²) < 4.78 is 0. The van der Waals surface area contributed by atoms with Gasteiger partial charge in [-0.25, -0.2) is 0 Å². The predicted molar refractivity (Wildman–Crippen MR) is 73.9 cm³/mol. The van der Waals surface area contributed by atoms with Crippen LogP contribution in [0, 0.1) is 11.8 Å². The van der Waals surface area contributed by atoms with Gasteiger partial charge in [-0.3, -0.25) is 4.79 Å². The van der Waals surface area contributed by atoms with Crippen molar-refractivity contribution in [2.24, 2.45) is 11.8 Å². The minimum Gasteiger partial charge on any atom is -0.356 e. The van der Waals surface area contributed by atoms with E-state index in [1.807, 2.05) is 0 Å². The summed E-state index contributed by atoms with van der Waals surface area (Å²) in [5.41, 5.74) is 0. The molecule has 0 aromatic carbocycles. The molecule has 0 aromatic rings. The van der Waals surface area contributed by atoms with E-state index in [2.05, 4.69) is 42.0 Å². The maximum absolute atomic E-state index is 11.9. The maximum atomic E-state index is 11.9. The fourth-order valence-electron chi connectivity index (χ4n) is 1.68. The molecule has 2 unspecified atom stereocenters. The van der Waals surface area contributed by atoms with Crippen molar-refractivity contribution in [2.75, 3.05) is 11.9 Å². The standard InChI is InChI=1S/C13H26BrNO/c1-4-6-7-12(5-2)13(16)15-10-11(3)8-9-14/h11-12H,4-10H2,1-3H3,(H,15,16). The summed E-state index contributed by atoms with van der Waals surface area (Å²) in [5.74, 6) is 1.03. The number of unbranched alkanes of at least 4 members (excludes halogenated alkanes) is 1. The molecule has 3 heteroatoms. The highest BCUT2D eigenvalue weighted by Gasteiger charge is 2.15. The summed E-state index contributed by atoms with van der Waals surface area (Å²) in [6, 6.07) is 0. The molecule has 2 atom stereocenters. The van der Waals surface area contributed by atoms with Crippen LogP contribution in [0.1, 0.15) is 52.9 Å². The topological polar surface area (TPSA) is 29.1 Å². The Labute approximate surface area is 109 Å². The van der Waals surface area contributed by atoms with Crippen LogP contribution in [-0.4, -0.2) is 17.8 Å². The molecule has 0 rings (SSSR count). The number of hydrogen-bond acceptors (Lipinski definition) is 1. The van der Waals surface area contributed by atoms with Crippen molar-refractivity contribution in [3.8, 4) is 0 Å². The quantitative estimate of drug-likeness (QED) is 0.644. The molecular weight excluding hydrogens is 266 g/mol. The van der Waals surface area contributed by atoms with Crippen molar-refractivity contribution in [1.29, 1.82) is 0 Å². The van der Waals surface area contributed by atoms with Gasteiger partial charge in [0.25, 0.3) is 0 Å². The van der Waals surface area contributed by atoms with Crippen molar-refractivity contribution in [3.05, 3.63) is 0 Å². The Bertz CT molecular complexity index is 185. The Kier molecular flexibility index (Phi) is 10.1. The molecule has 96 valence electrons. The highest BCUT2D eigenvalue weighted by atomic mass is 79.9. The van der Waals surface area contributed by atoms with E-state index < -0.39 is 0 Å². The van der Waals surface area contributed by atoms with Crippen LogP contribution in [0.4, 0.5) is 0 Å². The lowest BCUT2D eigenvalue weighted by Crippen LogP contribution is -2.33. The molecular formula is C13H26BrNO. The van der Waals surface area contributed by atoms with Crippen molar-refractivity contribution >= 4 is 21.8 Å². The zero-order chi connectivity index (χ0) is 12.4. The van der Waals surface area contributed by atoms with E-state index in [0.29, 0.717) is 5.92 Å². The summed E-state index contributed by atoms with van der Waals surface area (Å²) in [7, 11) is 0. The second-order valence-corrected chi connectivity index (χ2v) is 5.37. The molecule has 0 saturated heterocycles. The monoisotopic (exact) mass is 291 g/mol.